The highest BCUT2D eigenvalue weighted by Crippen LogP contribution is 2.25. The molecule has 7 heteroatoms. The van der Waals surface area contributed by atoms with Crippen LogP contribution in [-0.4, -0.2) is 20.7 Å². The Hall–Kier alpha value is -2.41. The molecule has 1 amide bonds. The average molecular weight is 302 g/mol. The SMILES string of the molecule is CCn1nc(C)cc1C(=O)Nc1nc(-c2ccco2)cs1. The van der Waals surface area contributed by atoms with Gasteiger partial charge in [-0.1, -0.05) is 0 Å². The van der Waals surface area contributed by atoms with Gasteiger partial charge in [0, 0.05) is 11.9 Å². The van der Waals surface area contributed by atoms with Gasteiger partial charge in [0.1, 0.15) is 11.4 Å². The second-order valence-electron chi connectivity index (χ2n) is 4.46. The van der Waals surface area contributed by atoms with Crippen LogP contribution < -0.4 is 5.32 Å². The summed E-state index contributed by atoms with van der Waals surface area (Å²) in [4.78, 5) is 16.6. The second-order valence-corrected chi connectivity index (χ2v) is 5.31. The maximum atomic E-state index is 12.3. The largest absolute Gasteiger partial charge is 0.463 e. The topological polar surface area (TPSA) is 73.0 Å². The molecule has 0 aliphatic rings. The van der Waals surface area contributed by atoms with E-state index in [0.29, 0.717) is 28.8 Å². The number of hydrogen-bond donors (Lipinski definition) is 1. The predicted molar refractivity (Wildman–Crippen MR) is 80.4 cm³/mol. The first-order valence-corrected chi connectivity index (χ1v) is 7.40. The highest BCUT2D eigenvalue weighted by atomic mass is 32.1. The molecule has 0 aliphatic heterocycles. The van der Waals surface area contributed by atoms with Crippen molar-refractivity contribution in [1.82, 2.24) is 14.8 Å². The average Bonchev–Trinajstić information content (AvgIpc) is 3.16. The fourth-order valence-corrected chi connectivity index (χ4v) is 2.69. The van der Waals surface area contributed by atoms with Crippen LogP contribution in [0.1, 0.15) is 23.1 Å². The molecule has 3 aromatic rings. The standard InChI is InChI=1S/C14H14N4O2S/c1-3-18-11(7-9(2)17-18)13(19)16-14-15-10(8-21-14)12-5-4-6-20-12/h4-8H,3H2,1-2H3,(H,15,16,19). The number of nitrogens with one attached hydrogen (secondary N) is 1. The normalized spacial score (nSPS) is 10.8. The molecule has 3 heterocycles. The number of carbonyl (C=O) groups is 1. The van der Waals surface area contributed by atoms with Gasteiger partial charge in [-0.2, -0.15) is 5.10 Å². The first kappa shape index (κ1) is 13.6. The zero-order valence-electron chi connectivity index (χ0n) is 11.7. The summed E-state index contributed by atoms with van der Waals surface area (Å²) < 4.78 is 6.95. The lowest BCUT2D eigenvalue weighted by Gasteiger charge is -2.03. The van der Waals surface area contributed by atoms with Crippen LogP contribution >= 0.6 is 11.3 Å². The molecule has 0 spiro atoms. The zero-order valence-corrected chi connectivity index (χ0v) is 12.5. The first-order chi connectivity index (χ1) is 10.2. The van der Waals surface area contributed by atoms with Crippen molar-refractivity contribution in [3.63, 3.8) is 0 Å². The van der Waals surface area contributed by atoms with E-state index in [9.17, 15) is 4.79 Å². The van der Waals surface area contributed by atoms with Crippen LogP contribution in [0.2, 0.25) is 0 Å². The molecule has 0 atom stereocenters. The Morgan fingerprint density at radius 2 is 2.38 bits per heavy atom. The van der Waals surface area contributed by atoms with E-state index in [1.807, 2.05) is 25.3 Å². The van der Waals surface area contributed by atoms with Crippen molar-refractivity contribution in [2.24, 2.45) is 0 Å². The van der Waals surface area contributed by atoms with Crippen molar-refractivity contribution in [2.75, 3.05) is 5.32 Å². The summed E-state index contributed by atoms with van der Waals surface area (Å²) in [5, 5.41) is 9.44. The zero-order chi connectivity index (χ0) is 14.8. The number of anilines is 1. The molecule has 6 nitrogen and oxygen atoms in total. The molecule has 0 aromatic carbocycles. The predicted octanol–water partition coefficient (Wildman–Crippen LogP) is 3.18. The summed E-state index contributed by atoms with van der Waals surface area (Å²) in [5.74, 6) is 0.471. The number of aryl methyl sites for hydroxylation is 2. The summed E-state index contributed by atoms with van der Waals surface area (Å²) in [7, 11) is 0. The maximum Gasteiger partial charge on any atom is 0.275 e. The Bertz CT molecular complexity index is 758. The maximum absolute atomic E-state index is 12.3. The van der Waals surface area contributed by atoms with Gasteiger partial charge in [-0.05, 0) is 32.0 Å². The number of rotatable bonds is 4. The highest BCUT2D eigenvalue weighted by molar-refractivity contribution is 7.14. The second kappa shape index (κ2) is 5.53. The molecule has 0 fully saturated rings. The fourth-order valence-electron chi connectivity index (χ4n) is 2.00. The Balaban J connectivity index is 1.79. The van der Waals surface area contributed by atoms with E-state index < -0.39 is 0 Å². The molecular weight excluding hydrogens is 288 g/mol. The number of thiazole rings is 1. The van der Waals surface area contributed by atoms with Gasteiger partial charge in [0.25, 0.3) is 5.91 Å². The van der Waals surface area contributed by atoms with Crippen molar-refractivity contribution < 1.29 is 9.21 Å². The molecule has 0 aliphatic carbocycles. The van der Waals surface area contributed by atoms with Crippen LogP contribution in [0.25, 0.3) is 11.5 Å². The van der Waals surface area contributed by atoms with Gasteiger partial charge < -0.3 is 4.42 Å². The molecule has 3 aromatic heterocycles. The van der Waals surface area contributed by atoms with E-state index in [1.54, 1.807) is 23.1 Å². The minimum atomic E-state index is -0.210. The third-order valence-electron chi connectivity index (χ3n) is 2.93. The van der Waals surface area contributed by atoms with Gasteiger partial charge in [0.05, 0.1) is 12.0 Å². The van der Waals surface area contributed by atoms with E-state index in [-0.39, 0.29) is 5.91 Å². The van der Waals surface area contributed by atoms with E-state index in [4.69, 9.17) is 4.42 Å². The van der Waals surface area contributed by atoms with Gasteiger partial charge in [0.2, 0.25) is 0 Å². The molecular formula is C14H14N4O2S. The van der Waals surface area contributed by atoms with Gasteiger partial charge in [-0.3, -0.25) is 14.8 Å². The lowest BCUT2D eigenvalue weighted by atomic mass is 10.3. The molecule has 0 unspecified atom stereocenters. The van der Waals surface area contributed by atoms with Gasteiger partial charge in [-0.25, -0.2) is 4.98 Å². The Labute approximate surface area is 125 Å². The highest BCUT2D eigenvalue weighted by Gasteiger charge is 2.15. The number of aromatic nitrogens is 3. The van der Waals surface area contributed by atoms with Crippen molar-refractivity contribution in [3.8, 4) is 11.5 Å². The minimum Gasteiger partial charge on any atom is -0.463 e. The molecule has 108 valence electrons. The molecule has 0 saturated carbocycles. The van der Waals surface area contributed by atoms with Crippen molar-refractivity contribution >= 4 is 22.4 Å². The van der Waals surface area contributed by atoms with E-state index in [1.165, 1.54) is 11.3 Å². The summed E-state index contributed by atoms with van der Waals surface area (Å²) in [5.41, 5.74) is 2.06. The summed E-state index contributed by atoms with van der Waals surface area (Å²) in [6, 6.07) is 5.39. The Kier molecular flexibility index (Phi) is 3.57. The van der Waals surface area contributed by atoms with E-state index in [0.717, 1.165) is 5.69 Å². The van der Waals surface area contributed by atoms with Gasteiger partial charge in [0.15, 0.2) is 10.9 Å². The number of nitrogens with zero attached hydrogens (tertiary/aromatic N) is 3. The van der Waals surface area contributed by atoms with Crippen LogP contribution in [0, 0.1) is 6.92 Å². The quantitative estimate of drug-likeness (QED) is 0.803. The summed E-state index contributed by atoms with van der Waals surface area (Å²) in [6.45, 7) is 4.45. The summed E-state index contributed by atoms with van der Waals surface area (Å²) in [6.07, 6.45) is 1.59. The monoisotopic (exact) mass is 302 g/mol. The minimum absolute atomic E-state index is 0.210. The smallest absolute Gasteiger partial charge is 0.275 e. The molecule has 0 radical (unpaired) electrons. The molecule has 1 N–H and O–H groups in total. The van der Waals surface area contributed by atoms with Crippen LogP contribution in [0.5, 0.6) is 0 Å². The first-order valence-electron chi connectivity index (χ1n) is 6.52. The lowest BCUT2D eigenvalue weighted by Crippen LogP contribution is -2.17. The molecule has 21 heavy (non-hydrogen) atoms. The van der Waals surface area contributed by atoms with Gasteiger partial charge >= 0.3 is 0 Å². The lowest BCUT2D eigenvalue weighted by molar-refractivity contribution is 0.101. The van der Waals surface area contributed by atoms with Gasteiger partial charge in [-0.15, -0.1) is 11.3 Å². The molecule has 0 bridgehead atoms. The number of carbonyl (C=O) groups excluding carboxylic acids is 1. The third kappa shape index (κ3) is 2.73. The summed E-state index contributed by atoms with van der Waals surface area (Å²) >= 11 is 1.36. The Morgan fingerprint density at radius 1 is 1.52 bits per heavy atom. The van der Waals surface area contributed by atoms with Crippen LogP contribution in [0.3, 0.4) is 0 Å². The number of hydrogen-bond acceptors (Lipinski definition) is 5. The number of furan rings is 1. The third-order valence-corrected chi connectivity index (χ3v) is 3.69. The van der Waals surface area contributed by atoms with Crippen molar-refractivity contribution in [3.05, 3.63) is 41.2 Å². The number of amides is 1. The van der Waals surface area contributed by atoms with Crippen molar-refractivity contribution in [1.29, 1.82) is 0 Å². The molecule has 3 rings (SSSR count). The molecule has 0 saturated heterocycles. The van der Waals surface area contributed by atoms with E-state index in [2.05, 4.69) is 15.4 Å². The van der Waals surface area contributed by atoms with E-state index >= 15 is 0 Å². The Morgan fingerprint density at radius 3 is 3.10 bits per heavy atom. The van der Waals surface area contributed by atoms with Crippen LogP contribution in [-0.2, 0) is 6.54 Å². The van der Waals surface area contributed by atoms with Crippen LogP contribution in [0.15, 0.2) is 34.3 Å². The fraction of sp³-hybridized carbons (Fsp3) is 0.214. The van der Waals surface area contributed by atoms with Crippen LogP contribution in [0.4, 0.5) is 5.13 Å². The van der Waals surface area contributed by atoms with Crippen molar-refractivity contribution in [2.45, 2.75) is 20.4 Å².